The molecule has 1 aromatic carbocycles. The van der Waals surface area contributed by atoms with E-state index < -0.39 is 0 Å². The molecule has 0 spiro atoms. The van der Waals surface area contributed by atoms with Gasteiger partial charge in [-0.3, -0.25) is 4.79 Å². The Hall–Kier alpha value is -1.06. The fraction of sp³-hybridized carbons (Fsp3) is 0.533. The molecule has 3 nitrogen and oxygen atoms in total. The number of carbonyl (C=O) groups excluding carboxylic acids is 1. The number of aryl methyl sites for hydroxylation is 1. The highest BCUT2D eigenvalue weighted by atomic mass is 35.5. The number of piperidine rings is 1. The minimum absolute atomic E-state index is 0.0520. The quantitative estimate of drug-likeness (QED) is 0.925. The van der Waals surface area contributed by atoms with Gasteiger partial charge in [-0.15, -0.1) is 0 Å². The van der Waals surface area contributed by atoms with Crippen LogP contribution in [0.5, 0.6) is 0 Å². The van der Waals surface area contributed by atoms with Crippen LogP contribution in [0.2, 0.25) is 5.02 Å². The number of halogens is 1. The third-order valence-electron chi connectivity index (χ3n) is 3.83. The smallest absolute Gasteiger partial charge is 0.255 e. The Balaban J connectivity index is 2.01. The maximum absolute atomic E-state index is 12.4. The van der Waals surface area contributed by atoms with Gasteiger partial charge >= 0.3 is 0 Å². The van der Waals surface area contributed by atoms with Gasteiger partial charge in [0.05, 0.1) is 10.6 Å². The fourth-order valence-corrected chi connectivity index (χ4v) is 2.94. The summed E-state index contributed by atoms with van der Waals surface area (Å²) in [6.07, 6.45) is 3.16. The molecule has 0 atom stereocenters. The minimum atomic E-state index is 0.0520. The molecule has 0 bridgehead atoms. The van der Waals surface area contributed by atoms with E-state index in [0.717, 1.165) is 44.5 Å². The molecule has 1 aliphatic rings. The molecule has 2 N–H and O–H groups in total. The summed E-state index contributed by atoms with van der Waals surface area (Å²) in [5, 5.41) is 0.550. The van der Waals surface area contributed by atoms with E-state index in [4.69, 9.17) is 17.3 Å². The number of nitrogens with two attached hydrogens (primary N) is 1. The van der Waals surface area contributed by atoms with E-state index in [1.165, 1.54) is 0 Å². The zero-order chi connectivity index (χ0) is 13.8. The lowest BCUT2D eigenvalue weighted by Crippen LogP contribution is -2.39. The van der Waals surface area contributed by atoms with Crippen molar-refractivity contribution in [1.29, 1.82) is 0 Å². The van der Waals surface area contributed by atoms with E-state index in [1.807, 2.05) is 30.0 Å². The van der Waals surface area contributed by atoms with E-state index in [9.17, 15) is 4.79 Å². The van der Waals surface area contributed by atoms with Gasteiger partial charge in [-0.1, -0.05) is 17.7 Å². The molecule has 1 saturated heterocycles. The van der Waals surface area contributed by atoms with Gasteiger partial charge in [-0.05, 0) is 56.3 Å². The van der Waals surface area contributed by atoms with Crippen LogP contribution in [0, 0.1) is 12.8 Å². The predicted molar refractivity (Wildman–Crippen MR) is 78.5 cm³/mol. The molecule has 104 valence electrons. The number of amides is 1. The maximum Gasteiger partial charge on any atom is 0.255 e. The van der Waals surface area contributed by atoms with E-state index in [-0.39, 0.29) is 5.91 Å². The van der Waals surface area contributed by atoms with Crippen LogP contribution in [-0.4, -0.2) is 30.4 Å². The predicted octanol–water partition coefficient (Wildman–Crippen LogP) is 2.85. The van der Waals surface area contributed by atoms with Crippen molar-refractivity contribution >= 4 is 17.5 Å². The van der Waals surface area contributed by atoms with Crippen molar-refractivity contribution in [2.45, 2.75) is 26.2 Å². The van der Waals surface area contributed by atoms with E-state index in [1.54, 1.807) is 0 Å². The molecule has 1 amide bonds. The first-order valence-electron chi connectivity index (χ1n) is 6.87. The van der Waals surface area contributed by atoms with Crippen molar-refractivity contribution in [3.63, 3.8) is 0 Å². The second-order valence-corrected chi connectivity index (χ2v) is 5.70. The van der Waals surface area contributed by atoms with Crippen LogP contribution < -0.4 is 5.73 Å². The van der Waals surface area contributed by atoms with E-state index >= 15 is 0 Å². The van der Waals surface area contributed by atoms with Gasteiger partial charge in [0.25, 0.3) is 5.91 Å². The highest BCUT2D eigenvalue weighted by Crippen LogP contribution is 2.24. The molecule has 1 fully saturated rings. The lowest BCUT2D eigenvalue weighted by Gasteiger charge is -2.32. The minimum Gasteiger partial charge on any atom is -0.339 e. The van der Waals surface area contributed by atoms with Crippen LogP contribution in [0.4, 0.5) is 0 Å². The Bertz CT molecular complexity index is 453. The summed E-state index contributed by atoms with van der Waals surface area (Å²) in [6.45, 7) is 4.34. The lowest BCUT2D eigenvalue weighted by molar-refractivity contribution is 0.0688. The number of nitrogens with zero attached hydrogens (tertiary/aromatic N) is 1. The van der Waals surface area contributed by atoms with Crippen LogP contribution in [0.25, 0.3) is 0 Å². The molecular formula is C15H21ClN2O. The van der Waals surface area contributed by atoms with Gasteiger partial charge in [0.1, 0.15) is 0 Å². The van der Waals surface area contributed by atoms with Crippen LogP contribution in [0.3, 0.4) is 0 Å². The molecule has 1 aromatic rings. The largest absolute Gasteiger partial charge is 0.339 e. The lowest BCUT2D eigenvalue weighted by atomic mass is 9.93. The second-order valence-electron chi connectivity index (χ2n) is 5.30. The Labute approximate surface area is 119 Å². The number of rotatable bonds is 3. The third-order valence-corrected chi connectivity index (χ3v) is 4.14. The van der Waals surface area contributed by atoms with Crippen molar-refractivity contribution in [1.82, 2.24) is 4.90 Å². The highest BCUT2D eigenvalue weighted by Gasteiger charge is 2.24. The first kappa shape index (κ1) is 14.4. The van der Waals surface area contributed by atoms with Crippen molar-refractivity contribution in [3.8, 4) is 0 Å². The molecule has 2 rings (SSSR count). The van der Waals surface area contributed by atoms with Gasteiger partial charge in [0.2, 0.25) is 0 Å². The maximum atomic E-state index is 12.4. The summed E-state index contributed by atoms with van der Waals surface area (Å²) in [6, 6.07) is 5.60. The first-order valence-corrected chi connectivity index (χ1v) is 7.25. The molecule has 19 heavy (non-hydrogen) atoms. The van der Waals surface area contributed by atoms with E-state index in [2.05, 4.69) is 0 Å². The van der Waals surface area contributed by atoms with Crippen LogP contribution in [0.15, 0.2) is 18.2 Å². The van der Waals surface area contributed by atoms with Crippen LogP contribution >= 0.6 is 11.6 Å². The summed E-state index contributed by atoms with van der Waals surface area (Å²) in [5.41, 5.74) is 7.27. The number of hydrogen-bond acceptors (Lipinski definition) is 2. The average Bonchev–Trinajstić information content (AvgIpc) is 2.39. The monoisotopic (exact) mass is 280 g/mol. The number of hydrogen-bond donors (Lipinski definition) is 1. The SMILES string of the molecule is Cc1ccc(C(=O)N2CCC(CCN)CC2)c(Cl)c1. The standard InChI is InChI=1S/C15H21ClN2O/c1-11-2-3-13(14(16)10-11)15(19)18-8-5-12(4-7-17)6-9-18/h2-3,10,12H,4-9,17H2,1H3. The molecule has 1 aliphatic heterocycles. The van der Waals surface area contributed by atoms with Gasteiger partial charge in [-0.2, -0.15) is 0 Å². The van der Waals surface area contributed by atoms with Gasteiger partial charge in [-0.25, -0.2) is 0 Å². The molecule has 0 aliphatic carbocycles. The summed E-state index contributed by atoms with van der Waals surface area (Å²) in [4.78, 5) is 14.3. The Kier molecular flexibility index (Phi) is 4.83. The summed E-state index contributed by atoms with van der Waals surface area (Å²) >= 11 is 6.16. The van der Waals surface area contributed by atoms with Crippen molar-refractivity contribution in [3.05, 3.63) is 34.3 Å². The molecule has 1 heterocycles. The Morgan fingerprint density at radius 3 is 2.68 bits per heavy atom. The first-order chi connectivity index (χ1) is 9.11. The highest BCUT2D eigenvalue weighted by molar-refractivity contribution is 6.33. The number of carbonyl (C=O) groups is 1. The van der Waals surface area contributed by atoms with Crippen LogP contribution in [-0.2, 0) is 0 Å². The summed E-state index contributed by atoms with van der Waals surface area (Å²) in [7, 11) is 0. The fourth-order valence-electron chi connectivity index (χ4n) is 2.62. The Morgan fingerprint density at radius 2 is 2.11 bits per heavy atom. The van der Waals surface area contributed by atoms with Crippen LogP contribution in [0.1, 0.15) is 35.2 Å². The zero-order valence-corrected chi connectivity index (χ0v) is 12.1. The second kappa shape index (κ2) is 6.40. The summed E-state index contributed by atoms with van der Waals surface area (Å²) in [5.74, 6) is 0.721. The molecular weight excluding hydrogens is 260 g/mol. The molecule has 0 radical (unpaired) electrons. The van der Waals surface area contributed by atoms with Gasteiger partial charge in [0.15, 0.2) is 0 Å². The van der Waals surface area contributed by atoms with Gasteiger partial charge < -0.3 is 10.6 Å². The van der Waals surface area contributed by atoms with Crippen molar-refractivity contribution in [2.75, 3.05) is 19.6 Å². The average molecular weight is 281 g/mol. The van der Waals surface area contributed by atoms with Gasteiger partial charge in [0, 0.05) is 13.1 Å². The number of likely N-dealkylation sites (tertiary alicyclic amines) is 1. The molecule has 0 unspecified atom stereocenters. The molecule has 4 heteroatoms. The number of benzene rings is 1. The molecule has 0 saturated carbocycles. The normalized spacial score (nSPS) is 16.7. The third kappa shape index (κ3) is 3.48. The summed E-state index contributed by atoms with van der Waals surface area (Å²) < 4.78 is 0. The molecule has 0 aromatic heterocycles. The zero-order valence-electron chi connectivity index (χ0n) is 11.4. The Morgan fingerprint density at radius 1 is 1.42 bits per heavy atom. The van der Waals surface area contributed by atoms with Crippen molar-refractivity contribution in [2.24, 2.45) is 11.7 Å². The van der Waals surface area contributed by atoms with E-state index in [0.29, 0.717) is 16.5 Å². The van der Waals surface area contributed by atoms with Crippen molar-refractivity contribution < 1.29 is 4.79 Å². The topological polar surface area (TPSA) is 46.3 Å².